The Morgan fingerprint density at radius 1 is 0.943 bits per heavy atom. The van der Waals surface area contributed by atoms with Crippen LogP contribution in [0.3, 0.4) is 0 Å². The van der Waals surface area contributed by atoms with Crippen LogP contribution in [0.15, 0.2) is 24.5 Å². The highest BCUT2D eigenvalue weighted by molar-refractivity contribution is 5.54. The van der Waals surface area contributed by atoms with Crippen molar-refractivity contribution < 1.29 is 0 Å². The molecule has 4 bridgehead atoms. The predicted octanol–water partition coefficient (Wildman–Crippen LogP) is 4.32. The monoisotopic (exact) mass is 468 g/mol. The molecule has 2 N–H and O–H groups in total. The fraction of sp³-hybridized carbons (Fsp3) is 0.593. The molecule has 1 saturated heterocycles. The SMILES string of the molecule is N#Cc1ccc(N2CCC(Nc3ncc(C#N)c(NCC45CC6CC(CC(C6)C4)C5)n3)CC2)nc1. The second-order valence-electron chi connectivity index (χ2n) is 11.3. The molecule has 0 spiro atoms. The second-order valence-corrected chi connectivity index (χ2v) is 11.3. The van der Waals surface area contributed by atoms with Crippen LogP contribution in [0, 0.1) is 45.8 Å². The average Bonchev–Trinajstić information content (AvgIpc) is 2.87. The second kappa shape index (κ2) is 9.00. The molecule has 7 rings (SSSR count). The third-order valence-corrected chi connectivity index (χ3v) is 8.73. The van der Waals surface area contributed by atoms with Gasteiger partial charge >= 0.3 is 0 Å². The van der Waals surface area contributed by atoms with E-state index in [0.29, 0.717) is 28.3 Å². The molecule has 4 saturated carbocycles. The van der Waals surface area contributed by atoms with E-state index in [2.05, 4.69) is 37.6 Å². The van der Waals surface area contributed by atoms with Crippen molar-refractivity contribution in [2.24, 2.45) is 23.2 Å². The molecule has 5 aliphatic rings. The van der Waals surface area contributed by atoms with Crippen molar-refractivity contribution in [3.8, 4) is 12.1 Å². The van der Waals surface area contributed by atoms with Crippen molar-refractivity contribution in [2.75, 3.05) is 35.2 Å². The minimum Gasteiger partial charge on any atom is -0.368 e. The molecule has 0 unspecified atom stereocenters. The van der Waals surface area contributed by atoms with Crippen molar-refractivity contribution in [3.63, 3.8) is 0 Å². The summed E-state index contributed by atoms with van der Waals surface area (Å²) >= 11 is 0. The van der Waals surface area contributed by atoms with E-state index in [1.165, 1.54) is 38.5 Å². The van der Waals surface area contributed by atoms with Gasteiger partial charge in [-0.25, -0.2) is 9.97 Å². The van der Waals surface area contributed by atoms with E-state index in [-0.39, 0.29) is 6.04 Å². The smallest absolute Gasteiger partial charge is 0.224 e. The zero-order valence-electron chi connectivity index (χ0n) is 20.1. The Labute approximate surface area is 206 Å². The molecular weight excluding hydrogens is 436 g/mol. The Balaban J connectivity index is 1.08. The largest absolute Gasteiger partial charge is 0.368 e. The van der Waals surface area contributed by atoms with E-state index in [4.69, 9.17) is 10.2 Å². The summed E-state index contributed by atoms with van der Waals surface area (Å²) in [7, 11) is 0. The zero-order chi connectivity index (χ0) is 23.8. The van der Waals surface area contributed by atoms with Gasteiger partial charge in [0.2, 0.25) is 5.95 Å². The molecule has 0 radical (unpaired) electrons. The standard InChI is InChI=1S/C27H32N8/c28-13-18-1-2-24(30-15-18)35-5-3-23(4-6-35)33-26-31-16-22(14-29)25(34-26)32-17-27-10-19-7-20(11-27)9-21(8-19)12-27/h1-2,15-16,19-21,23H,3-12,17H2,(H2,31,32,33,34). The summed E-state index contributed by atoms with van der Waals surface area (Å²) < 4.78 is 0. The van der Waals surface area contributed by atoms with Gasteiger partial charge in [-0.15, -0.1) is 0 Å². The Morgan fingerprint density at radius 3 is 2.26 bits per heavy atom. The molecule has 4 aliphatic carbocycles. The molecule has 8 heteroatoms. The quantitative estimate of drug-likeness (QED) is 0.644. The van der Waals surface area contributed by atoms with Crippen LogP contribution in [-0.2, 0) is 0 Å². The summed E-state index contributed by atoms with van der Waals surface area (Å²) in [6.45, 7) is 2.67. The van der Waals surface area contributed by atoms with Crippen molar-refractivity contribution in [3.05, 3.63) is 35.7 Å². The van der Waals surface area contributed by atoms with Crippen molar-refractivity contribution in [1.29, 1.82) is 10.5 Å². The lowest BCUT2D eigenvalue weighted by molar-refractivity contribution is -0.0444. The summed E-state index contributed by atoms with van der Waals surface area (Å²) in [6.07, 6.45) is 13.5. The minimum absolute atomic E-state index is 0.272. The van der Waals surface area contributed by atoms with Crippen LogP contribution in [0.2, 0.25) is 0 Å². The van der Waals surface area contributed by atoms with Gasteiger partial charge in [0.05, 0.1) is 11.8 Å². The van der Waals surface area contributed by atoms with Gasteiger partial charge in [0.25, 0.3) is 0 Å². The van der Waals surface area contributed by atoms with Crippen LogP contribution < -0.4 is 15.5 Å². The van der Waals surface area contributed by atoms with Crippen LogP contribution in [0.5, 0.6) is 0 Å². The van der Waals surface area contributed by atoms with E-state index >= 15 is 0 Å². The first kappa shape index (κ1) is 22.1. The highest BCUT2D eigenvalue weighted by atomic mass is 15.2. The number of pyridine rings is 1. The minimum atomic E-state index is 0.272. The summed E-state index contributed by atoms with van der Waals surface area (Å²) in [6, 6.07) is 8.38. The first-order valence-electron chi connectivity index (χ1n) is 13.0. The number of nitriles is 2. The van der Waals surface area contributed by atoms with Crippen molar-refractivity contribution in [2.45, 2.75) is 57.4 Å². The number of rotatable bonds is 6. The van der Waals surface area contributed by atoms with Gasteiger partial charge in [0.1, 0.15) is 29.3 Å². The van der Waals surface area contributed by atoms with Gasteiger partial charge in [0.15, 0.2) is 0 Å². The van der Waals surface area contributed by atoms with E-state index in [1.54, 1.807) is 12.4 Å². The van der Waals surface area contributed by atoms with Crippen LogP contribution in [0.4, 0.5) is 17.6 Å². The highest BCUT2D eigenvalue weighted by Gasteiger charge is 2.50. The lowest BCUT2D eigenvalue weighted by Gasteiger charge is -2.57. The molecule has 2 aromatic rings. The average molecular weight is 469 g/mol. The summed E-state index contributed by atoms with van der Waals surface area (Å²) in [5.74, 6) is 4.89. The molecular formula is C27H32N8. The molecule has 3 heterocycles. The summed E-state index contributed by atoms with van der Waals surface area (Å²) in [5, 5.41) is 25.7. The number of hydrogen-bond acceptors (Lipinski definition) is 8. The third kappa shape index (κ3) is 4.50. The topological polar surface area (TPSA) is 114 Å². The summed E-state index contributed by atoms with van der Waals surface area (Å²) in [5.41, 5.74) is 1.48. The van der Waals surface area contributed by atoms with E-state index < -0.39 is 0 Å². The highest BCUT2D eigenvalue weighted by Crippen LogP contribution is 2.59. The number of piperidine rings is 1. The molecule has 0 amide bonds. The van der Waals surface area contributed by atoms with E-state index in [1.807, 2.05) is 12.1 Å². The predicted molar refractivity (Wildman–Crippen MR) is 134 cm³/mol. The molecule has 0 atom stereocenters. The maximum atomic E-state index is 9.64. The maximum absolute atomic E-state index is 9.64. The molecule has 1 aliphatic heterocycles. The first-order chi connectivity index (χ1) is 17.1. The zero-order valence-corrected chi connectivity index (χ0v) is 20.1. The van der Waals surface area contributed by atoms with Crippen LogP contribution in [-0.4, -0.2) is 40.6 Å². The fourth-order valence-electron chi connectivity index (χ4n) is 7.52. The molecule has 2 aromatic heterocycles. The Morgan fingerprint density at radius 2 is 1.66 bits per heavy atom. The third-order valence-electron chi connectivity index (χ3n) is 8.73. The van der Waals surface area contributed by atoms with Crippen LogP contribution in [0.25, 0.3) is 0 Å². The number of hydrogen-bond donors (Lipinski definition) is 2. The summed E-state index contributed by atoms with van der Waals surface area (Å²) in [4.78, 5) is 15.8. The lowest BCUT2D eigenvalue weighted by atomic mass is 9.49. The number of aromatic nitrogens is 3. The molecule has 5 fully saturated rings. The van der Waals surface area contributed by atoms with Gasteiger partial charge in [-0.3, -0.25) is 0 Å². The maximum Gasteiger partial charge on any atom is 0.224 e. The number of anilines is 3. The normalized spacial score (nSPS) is 29.4. The molecule has 35 heavy (non-hydrogen) atoms. The molecule has 180 valence electrons. The Kier molecular flexibility index (Phi) is 5.68. The van der Waals surface area contributed by atoms with Crippen LogP contribution >= 0.6 is 0 Å². The lowest BCUT2D eigenvalue weighted by Crippen LogP contribution is -2.49. The number of nitrogens with one attached hydrogen (secondary N) is 2. The van der Waals surface area contributed by atoms with Crippen LogP contribution in [0.1, 0.15) is 62.5 Å². The van der Waals surface area contributed by atoms with Gasteiger partial charge in [0, 0.05) is 31.9 Å². The Bertz CT molecular complexity index is 1120. The van der Waals surface area contributed by atoms with Gasteiger partial charge in [-0.05, 0) is 86.7 Å². The Hall–Kier alpha value is -3.39. The van der Waals surface area contributed by atoms with Crippen molar-refractivity contribution >= 4 is 17.6 Å². The molecule has 8 nitrogen and oxygen atoms in total. The van der Waals surface area contributed by atoms with Gasteiger partial charge < -0.3 is 15.5 Å². The van der Waals surface area contributed by atoms with E-state index in [9.17, 15) is 5.26 Å². The van der Waals surface area contributed by atoms with Crippen molar-refractivity contribution in [1.82, 2.24) is 15.0 Å². The van der Waals surface area contributed by atoms with E-state index in [0.717, 1.165) is 56.0 Å². The molecule has 0 aromatic carbocycles. The number of nitrogens with zero attached hydrogens (tertiary/aromatic N) is 6. The first-order valence-corrected chi connectivity index (χ1v) is 13.0. The van der Waals surface area contributed by atoms with Gasteiger partial charge in [-0.1, -0.05) is 0 Å². The van der Waals surface area contributed by atoms with Gasteiger partial charge in [-0.2, -0.15) is 15.5 Å². The fourth-order valence-corrected chi connectivity index (χ4v) is 7.52.